The van der Waals surface area contributed by atoms with Gasteiger partial charge in [0.25, 0.3) is 0 Å². The molecule has 5 aliphatic heterocycles. The van der Waals surface area contributed by atoms with Gasteiger partial charge in [-0.15, -0.1) is 10.2 Å². The van der Waals surface area contributed by atoms with Gasteiger partial charge in [0.05, 0.1) is 29.6 Å². The predicted molar refractivity (Wildman–Crippen MR) is 304 cm³/mol. The van der Waals surface area contributed by atoms with Gasteiger partial charge < -0.3 is 28.1 Å². The Balaban J connectivity index is 0.000000143. The van der Waals surface area contributed by atoms with Crippen molar-refractivity contribution >= 4 is 0 Å². The van der Waals surface area contributed by atoms with Gasteiger partial charge in [-0.1, -0.05) is 182 Å². The standard InChI is InChI=1S/C42H27N3O3.C28H18N2O3/c1-7-19-31-25(13-1)37(26-14-2-8-20-32(26)46-31)40-43-41(38-27-15-3-9-21-33(27)47-34-22-10-4-16-28(34)38)45-42(44-40)39-29-17-5-11-23-35(29)48-36-24-12-6-18-30(36)39;1-5-13-21-17(9-1)25(18-10-2-6-14-22(18)31-21)27-29-30-28(33-27)26-19-11-3-7-15-23(19)32-24-16-8-4-12-20(24)26/h1-24,37-39H;1-16,25-26H. The number of fused-ring (bicyclic) bond motifs is 10. The van der Waals surface area contributed by atoms with Crippen LogP contribution in [0.4, 0.5) is 0 Å². The summed E-state index contributed by atoms with van der Waals surface area (Å²) in [4.78, 5) is 16.3. The lowest BCUT2D eigenvalue weighted by molar-refractivity contribution is 0.397. The van der Waals surface area contributed by atoms with E-state index < -0.39 is 0 Å². The Morgan fingerprint density at radius 1 is 0.198 bits per heavy atom. The van der Waals surface area contributed by atoms with Crippen molar-refractivity contribution < 1.29 is 28.1 Å². The molecular formula is C70H45N5O6. The molecule has 0 atom stereocenters. The van der Waals surface area contributed by atoms with Gasteiger partial charge in [0, 0.05) is 55.6 Å². The lowest BCUT2D eigenvalue weighted by Crippen LogP contribution is -2.23. The quantitative estimate of drug-likeness (QED) is 0.164. The zero-order valence-corrected chi connectivity index (χ0v) is 43.2. The first-order valence-electron chi connectivity index (χ1n) is 27.0. The highest BCUT2D eigenvalue weighted by molar-refractivity contribution is 5.62. The summed E-state index contributed by atoms with van der Waals surface area (Å²) < 4.78 is 37.9. The lowest BCUT2D eigenvalue weighted by atomic mass is 9.84. The largest absolute Gasteiger partial charge is 0.457 e. The molecule has 0 aliphatic carbocycles. The van der Waals surface area contributed by atoms with Crippen LogP contribution in [0.25, 0.3) is 0 Å². The van der Waals surface area contributed by atoms with Crippen LogP contribution in [0.2, 0.25) is 0 Å². The molecule has 11 heteroatoms. The molecule has 2 aromatic heterocycles. The van der Waals surface area contributed by atoms with Gasteiger partial charge in [0.1, 0.15) is 75.0 Å². The summed E-state index contributed by atoms with van der Waals surface area (Å²) in [6.45, 7) is 0. The fraction of sp³-hybridized carbons (Fsp3) is 0.0714. The Hall–Kier alpha value is -10.7. The van der Waals surface area contributed by atoms with Gasteiger partial charge >= 0.3 is 0 Å². The number of benzene rings is 10. The van der Waals surface area contributed by atoms with Crippen LogP contribution in [0.15, 0.2) is 247 Å². The van der Waals surface area contributed by atoms with Crippen LogP contribution in [-0.2, 0) is 0 Å². The molecule has 0 saturated carbocycles. The lowest BCUT2D eigenvalue weighted by Gasteiger charge is -2.31. The maximum Gasteiger partial charge on any atom is 0.228 e. The minimum Gasteiger partial charge on any atom is -0.457 e. The van der Waals surface area contributed by atoms with Crippen LogP contribution in [-0.4, -0.2) is 25.1 Å². The molecule has 0 saturated heterocycles. The third-order valence-electron chi connectivity index (χ3n) is 15.8. The van der Waals surface area contributed by atoms with E-state index in [1.807, 2.05) is 182 Å². The molecule has 11 nitrogen and oxygen atoms in total. The number of ether oxygens (including phenoxy) is 5. The van der Waals surface area contributed by atoms with E-state index in [0.717, 1.165) is 113 Å². The Labute approximate surface area is 465 Å². The second-order valence-electron chi connectivity index (χ2n) is 20.4. The predicted octanol–water partition coefficient (Wildman–Crippen LogP) is 16.4. The first-order valence-corrected chi connectivity index (χ1v) is 27.0. The van der Waals surface area contributed by atoms with E-state index in [1.165, 1.54) is 0 Å². The van der Waals surface area contributed by atoms with Gasteiger partial charge in [0.2, 0.25) is 11.8 Å². The summed E-state index contributed by atoms with van der Waals surface area (Å²) in [5.74, 6) is 9.91. The van der Waals surface area contributed by atoms with E-state index in [2.05, 4.69) is 70.9 Å². The molecule has 0 unspecified atom stereocenters. The first kappa shape index (κ1) is 46.4. The number of nitrogens with zero attached hydrogens (tertiary/aromatic N) is 5. The van der Waals surface area contributed by atoms with Crippen molar-refractivity contribution in [1.82, 2.24) is 25.1 Å². The molecule has 81 heavy (non-hydrogen) atoms. The molecule has 0 N–H and O–H groups in total. The van der Waals surface area contributed by atoms with Crippen molar-refractivity contribution in [2.45, 2.75) is 29.6 Å². The van der Waals surface area contributed by atoms with E-state index in [9.17, 15) is 0 Å². The topological polar surface area (TPSA) is 124 Å². The van der Waals surface area contributed by atoms with Crippen molar-refractivity contribution in [1.29, 1.82) is 0 Å². The second kappa shape index (κ2) is 19.1. The molecule has 0 radical (unpaired) electrons. The highest BCUT2D eigenvalue weighted by Gasteiger charge is 2.40. The molecular weight excluding hydrogens is 1010 g/mol. The zero-order valence-electron chi connectivity index (χ0n) is 43.2. The highest BCUT2D eigenvalue weighted by Crippen LogP contribution is 2.53. The SMILES string of the molecule is c1ccc2c(c1)Oc1ccccc1C2c1nc(C2c3ccccc3Oc3ccccc32)nc(C2c3ccccc3Oc3ccccc32)n1.c1ccc2c(c1)Oc1ccccc1C2c1nnc(C2c3ccccc3Oc3ccccc32)o1. The molecule has 386 valence electrons. The van der Waals surface area contributed by atoms with Crippen LogP contribution in [0, 0.1) is 0 Å². The highest BCUT2D eigenvalue weighted by atomic mass is 16.5. The average molecular weight is 1050 g/mol. The number of hydrogen-bond acceptors (Lipinski definition) is 11. The van der Waals surface area contributed by atoms with Crippen LogP contribution < -0.4 is 23.7 Å². The molecule has 0 amide bonds. The number of para-hydroxylation sites is 10. The maximum atomic E-state index is 6.46. The van der Waals surface area contributed by atoms with Gasteiger partial charge in [-0.3, -0.25) is 0 Å². The molecule has 5 aliphatic rings. The summed E-state index contributed by atoms with van der Waals surface area (Å²) in [7, 11) is 0. The summed E-state index contributed by atoms with van der Waals surface area (Å²) in [5.41, 5.74) is 10.1. The molecule has 0 spiro atoms. The number of hydrogen-bond donors (Lipinski definition) is 0. The first-order chi connectivity index (χ1) is 40.2. The second-order valence-corrected chi connectivity index (χ2v) is 20.4. The monoisotopic (exact) mass is 1050 g/mol. The molecule has 17 rings (SSSR count). The van der Waals surface area contributed by atoms with Crippen molar-refractivity contribution in [3.05, 3.63) is 328 Å². The fourth-order valence-corrected chi connectivity index (χ4v) is 12.2. The molecule has 0 fully saturated rings. The average Bonchev–Trinajstić information content (AvgIpc) is 4.09. The summed E-state index contributed by atoms with van der Waals surface area (Å²) in [6, 6.07) is 81.0. The summed E-state index contributed by atoms with van der Waals surface area (Å²) >= 11 is 0. The van der Waals surface area contributed by atoms with Crippen LogP contribution in [0.5, 0.6) is 57.5 Å². The number of rotatable bonds is 5. The van der Waals surface area contributed by atoms with E-state index in [-0.39, 0.29) is 29.6 Å². The fourth-order valence-electron chi connectivity index (χ4n) is 12.2. The molecule has 7 heterocycles. The Kier molecular flexibility index (Phi) is 10.9. The molecule has 0 bridgehead atoms. The van der Waals surface area contributed by atoms with E-state index in [1.54, 1.807) is 0 Å². The van der Waals surface area contributed by atoms with Crippen molar-refractivity contribution in [2.75, 3.05) is 0 Å². The van der Waals surface area contributed by atoms with Crippen LogP contribution in [0.1, 0.15) is 114 Å². The van der Waals surface area contributed by atoms with Crippen molar-refractivity contribution in [3.8, 4) is 57.5 Å². The minimum atomic E-state index is -0.276. The minimum absolute atomic E-state index is 0.197. The summed E-state index contributed by atoms with van der Waals surface area (Å²) in [6.07, 6.45) is 0. The smallest absolute Gasteiger partial charge is 0.228 e. The van der Waals surface area contributed by atoms with Crippen molar-refractivity contribution in [2.24, 2.45) is 0 Å². The van der Waals surface area contributed by atoms with E-state index >= 15 is 0 Å². The third kappa shape index (κ3) is 7.84. The van der Waals surface area contributed by atoms with E-state index in [4.69, 9.17) is 43.1 Å². The maximum absolute atomic E-state index is 6.46. The van der Waals surface area contributed by atoms with Gasteiger partial charge in [0.15, 0.2) is 0 Å². The normalized spacial score (nSPS) is 14.4. The summed E-state index contributed by atoms with van der Waals surface area (Å²) in [5, 5.41) is 9.09. The molecule has 12 aromatic rings. The Bertz CT molecular complexity index is 3830. The third-order valence-corrected chi connectivity index (χ3v) is 15.8. The number of aromatic nitrogens is 5. The van der Waals surface area contributed by atoms with Crippen molar-refractivity contribution in [3.63, 3.8) is 0 Å². The van der Waals surface area contributed by atoms with Gasteiger partial charge in [-0.2, -0.15) is 0 Å². The van der Waals surface area contributed by atoms with Gasteiger partial charge in [-0.05, 0) is 60.7 Å². The van der Waals surface area contributed by atoms with E-state index in [0.29, 0.717) is 29.3 Å². The molecule has 10 aromatic carbocycles. The Morgan fingerprint density at radius 3 is 0.543 bits per heavy atom. The van der Waals surface area contributed by atoms with Gasteiger partial charge in [-0.25, -0.2) is 15.0 Å². The van der Waals surface area contributed by atoms with Crippen LogP contribution in [0.3, 0.4) is 0 Å². The van der Waals surface area contributed by atoms with Crippen LogP contribution >= 0.6 is 0 Å². The Morgan fingerprint density at radius 2 is 0.358 bits per heavy atom. The zero-order chi connectivity index (χ0) is 53.4.